The predicted octanol–water partition coefficient (Wildman–Crippen LogP) is 2.39. The molecule has 0 unspecified atom stereocenters. The quantitative estimate of drug-likeness (QED) is 0.207. The van der Waals surface area contributed by atoms with Crippen molar-refractivity contribution in [3.8, 4) is 11.6 Å². The zero-order valence-electron chi connectivity index (χ0n) is 25.6. The van der Waals surface area contributed by atoms with E-state index in [-0.39, 0.29) is 12.5 Å². The van der Waals surface area contributed by atoms with E-state index in [1.165, 1.54) is 35.6 Å². The van der Waals surface area contributed by atoms with Crippen LogP contribution in [-0.4, -0.2) is 81.3 Å². The Labute approximate surface area is 237 Å². The summed E-state index contributed by atoms with van der Waals surface area (Å²) >= 11 is 0. The van der Waals surface area contributed by atoms with Crippen molar-refractivity contribution in [2.24, 2.45) is 0 Å². The minimum atomic E-state index is -3.58. The average molecular weight is 569 g/mol. The van der Waals surface area contributed by atoms with Crippen LogP contribution in [0.15, 0.2) is 67.6 Å². The highest BCUT2D eigenvalue weighted by atomic mass is 32.2. The van der Waals surface area contributed by atoms with E-state index in [0.29, 0.717) is 46.2 Å². The lowest BCUT2D eigenvalue weighted by atomic mass is 10.2. The molecule has 2 aromatic carbocycles. The maximum absolute atomic E-state index is 12.4. The van der Waals surface area contributed by atoms with Gasteiger partial charge in [-0.2, -0.15) is 18.0 Å². The number of ether oxygens (including phenoxy) is 1. The smallest absolute Gasteiger partial charge is 0.302 e. The van der Waals surface area contributed by atoms with Gasteiger partial charge in [-0.15, -0.1) is 3.97 Å². The zero-order chi connectivity index (χ0) is 31.5. The number of nitrogens with zero attached hydrogens (tertiary/aromatic N) is 6. The number of carbonyl (C=O) groups excluding carboxylic acids is 1. The van der Waals surface area contributed by atoms with Crippen molar-refractivity contribution in [1.29, 1.82) is 0 Å². The second kappa shape index (κ2) is 11.7. The first-order chi connectivity index (χ1) is 20.2. The highest BCUT2D eigenvalue weighted by Gasteiger charge is 2.24. The normalized spacial score (nSPS) is 12.9. The Balaban J connectivity index is 1.71. The first-order valence-corrected chi connectivity index (χ1v) is 14.0. The zero-order valence-corrected chi connectivity index (χ0v) is 23.4. The summed E-state index contributed by atoms with van der Waals surface area (Å²) in [7, 11) is 1.19. The van der Waals surface area contributed by atoms with Crippen molar-refractivity contribution >= 4 is 50.0 Å². The van der Waals surface area contributed by atoms with Crippen LogP contribution >= 0.6 is 0 Å². The number of rotatable bonds is 11. The molecule has 4 aromatic rings. The first-order valence-electron chi connectivity index (χ1n) is 13.6. The maximum atomic E-state index is 12.4. The average Bonchev–Trinajstić information content (AvgIpc) is 3.36. The summed E-state index contributed by atoms with van der Waals surface area (Å²) in [6, 6.07) is 12.0. The number of carbonyl (C=O) groups is 1. The Morgan fingerprint density at radius 3 is 2.70 bits per heavy atom. The van der Waals surface area contributed by atoms with E-state index in [2.05, 4.69) is 27.2 Å². The van der Waals surface area contributed by atoms with Gasteiger partial charge in [-0.25, -0.2) is 4.98 Å². The molecule has 0 aliphatic heterocycles. The Hall–Kier alpha value is -4.49. The van der Waals surface area contributed by atoms with Crippen LogP contribution in [0.5, 0.6) is 5.75 Å². The number of aromatic nitrogens is 4. The summed E-state index contributed by atoms with van der Waals surface area (Å²) in [5.41, 5.74) is 2.54. The van der Waals surface area contributed by atoms with Gasteiger partial charge in [0.1, 0.15) is 5.75 Å². The summed E-state index contributed by atoms with van der Waals surface area (Å²) in [4.78, 5) is 24.3. The highest BCUT2D eigenvalue weighted by Crippen LogP contribution is 2.38. The largest absolute Gasteiger partial charge is 0.494 e. The van der Waals surface area contributed by atoms with Crippen molar-refractivity contribution in [2.75, 3.05) is 63.1 Å². The molecule has 12 nitrogen and oxygen atoms in total. The molecular weight excluding hydrogens is 532 g/mol. The van der Waals surface area contributed by atoms with E-state index in [1.807, 2.05) is 0 Å². The fraction of sp³-hybridized carbons (Fsp3) is 0.259. The fourth-order valence-electron chi connectivity index (χ4n) is 4.05. The Kier molecular flexibility index (Phi) is 7.19. The number of benzene rings is 2. The molecular formula is C27H33N8O4S+. The van der Waals surface area contributed by atoms with Crippen LogP contribution < -0.4 is 24.2 Å². The lowest BCUT2D eigenvalue weighted by Gasteiger charge is -2.25. The molecule has 0 aliphatic carbocycles. The van der Waals surface area contributed by atoms with E-state index in [0.717, 1.165) is 12.3 Å². The monoisotopic (exact) mass is 568 g/mol. The van der Waals surface area contributed by atoms with Crippen LogP contribution in [0.1, 0.15) is 4.11 Å². The van der Waals surface area contributed by atoms with Crippen molar-refractivity contribution in [3.05, 3.63) is 67.6 Å². The molecule has 13 heteroatoms. The predicted molar refractivity (Wildman–Crippen MR) is 156 cm³/mol. The van der Waals surface area contributed by atoms with Crippen molar-refractivity contribution < 1.29 is 26.0 Å². The summed E-state index contributed by atoms with van der Waals surface area (Å²) in [6.07, 6.45) is 5.24. The lowest BCUT2D eigenvalue weighted by Crippen LogP contribution is -2.40. The minimum Gasteiger partial charge on any atom is -0.494 e. The fourth-order valence-corrected chi connectivity index (χ4v) is 4.83. The molecule has 0 bridgehead atoms. The van der Waals surface area contributed by atoms with Crippen LogP contribution in [0, 0.1) is 0 Å². The molecule has 210 valence electrons. The molecule has 0 atom stereocenters. The van der Waals surface area contributed by atoms with Gasteiger partial charge in [-0.3, -0.25) is 4.79 Å². The molecule has 0 aliphatic rings. The van der Waals surface area contributed by atoms with Gasteiger partial charge in [0.15, 0.2) is 11.0 Å². The molecule has 1 amide bonds. The minimum absolute atomic E-state index is 0.181. The van der Waals surface area contributed by atoms with Crippen LogP contribution in [0.3, 0.4) is 0 Å². The number of methoxy groups -OCH3 is 1. The summed E-state index contributed by atoms with van der Waals surface area (Å²) < 4.78 is 56.1. The Morgan fingerprint density at radius 2 is 2.00 bits per heavy atom. The van der Waals surface area contributed by atoms with Gasteiger partial charge in [0.05, 0.1) is 30.4 Å². The van der Waals surface area contributed by atoms with Crippen LogP contribution in [0.2, 0.25) is 0 Å². The number of likely N-dealkylation sites (N-methyl/N-ethyl adjacent to an activating group) is 2. The first kappa shape index (κ1) is 24.5. The van der Waals surface area contributed by atoms with E-state index in [9.17, 15) is 13.2 Å². The van der Waals surface area contributed by atoms with Crippen LogP contribution in [-0.2, 0) is 14.8 Å². The highest BCUT2D eigenvalue weighted by molar-refractivity contribution is 7.84. The van der Waals surface area contributed by atoms with Gasteiger partial charge < -0.3 is 25.2 Å². The van der Waals surface area contributed by atoms with Crippen molar-refractivity contribution in [3.63, 3.8) is 0 Å². The molecule has 0 fully saturated rings. The van der Waals surface area contributed by atoms with Gasteiger partial charge in [0.2, 0.25) is 17.7 Å². The Morgan fingerprint density at radius 1 is 1.23 bits per heavy atom. The third-order valence-electron chi connectivity index (χ3n) is 6.03. The second-order valence-electron chi connectivity index (χ2n) is 9.00. The molecule has 2 N–H and O–H groups in total. The third kappa shape index (κ3) is 6.21. The van der Waals surface area contributed by atoms with E-state index in [4.69, 9.17) is 8.85 Å². The third-order valence-corrected chi connectivity index (χ3v) is 7.04. The van der Waals surface area contributed by atoms with Crippen LogP contribution in [0.25, 0.3) is 16.9 Å². The van der Waals surface area contributed by atoms with Crippen molar-refractivity contribution in [1.82, 2.24) is 19.4 Å². The molecule has 0 saturated heterocycles. The number of nitrogens with one attached hydrogen (secondary N) is 2. The van der Waals surface area contributed by atoms with Gasteiger partial charge in [0.25, 0.3) is 6.33 Å². The topological polar surface area (TPSA) is 126 Å². The van der Waals surface area contributed by atoms with Gasteiger partial charge in [-0.1, -0.05) is 18.7 Å². The maximum Gasteiger partial charge on any atom is 0.302 e. The van der Waals surface area contributed by atoms with E-state index in [1.54, 1.807) is 59.0 Å². The summed E-state index contributed by atoms with van der Waals surface area (Å²) in [5, 5.41) is 5.91. The van der Waals surface area contributed by atoms with Gasteiger partial charge in [0, 0.05) is 42.6 Å². The standard InChI is InChI=1S/C27H32N8O4S/c1-7-26(36)29-19-16-20(24(39-5)17-23(19)33(4)15-14-32(2)3)30-27-28-13-12-25(31-27)34-18-35(40(6,37)38)22-11-9-8-10-21(22)34/h7-13,16-18H,1,14-15H2,2-6H3,(H-,28,29,30,31,36)/p+1/i2D3. The summed E-state index contributed by atoms with van der Waals surface area (Å²) in [6.45, 7) is 1.86. The van der Waals surface area contributed by atoms with Gasteiger partial charge in [-0.05, 0) is 38.3 Å². The number of hydrogen-bond acceptors (Lipinski definition) is 9. The van der Waals surface area contributed by atoms with Crippen LogP contribution in [0.4, 0.5) is 23.0 Å². The number of anilines is 4. The van der Waals surface area contributed by atoms with E-state index < -0.39 is 22.9 Å². The molecule has 0 saturated carbocycles. The summed E-state index contributed by atoms with van der Waals surface area (Å²) in [5.74, 6) is 0.547. The number of amides is 1. The molecule has 40 heavy (non-hydrogen) atoms. The second-order valence-corrected chi connectivity index (χ2v) is 10.9. The van der Waals surface area contributed by atoms with Crippen molar-refractivity contribution in [2.45, 2.75) is 0 Å². The Bertz CT molecular complexity index is 1780. The molecule has 4 rings (SSSR count). The number of hydrogen-bond donors (Lipinski definition) is 2. The number of fused-ring (bicyclic) bond motifs is 1. The molecule has 0 spiro atoms. The lowest BCUT2D eigenvalue weighted by molar-refractivity contribution is -0.480. The molecule has 0 radical (unpaired) electrons. The molecule has 2 aromatic heterocycles. The van der Waals surface area contributed by atoms with E-state index >= 15 is 0 Å². The number of imidazole rings is 1. The SMILES string of the molecule is [2H]C([2H])([2H])N(C)CCN(C)c1cc(OC)c(Nc2nccc(-n3c[n+](S(C)(=O)=O)c4ccccc43)n2)cc1NC(=O)C=C. The molecule has 2 heterocycles. The van der Waals surface area contributed by atoms with Gasteiger partial charge >= 0.3 is 10.0 Å². The number of para-hydroxylation sites is 2.